The quantitative estimate of drug-likeness (QED) is 0.507. The van der Waals surface area contributed by atoms with Gasteiger partial charge in [-0.1, -0.05) is 42.1 Å². The number of anilines is 1. The summed E-state index contributed by atoms with van der Waals surface area (Å²) in [5.74, 6) is 1.21. The second-order valence-electron chi connectivity index (χ2n) is 6.63. The van der Waals surface area contributed by atoms with Crippen LogP contribution in [0.4, 0.5) is 5.95 Å². The van der Waals surface area contributed by atoms with E-state index in [-0.39, 0.29) is 5.56 Å². The maximum atomic E-state index is 12.1. The molecule has 1 fully saturated rings. The fourth-order valence-corrected chi connectivity index (χ4v) is 3.87. The Labute approximate surface area is 167 Å². The van der Waals surface area contributed by atoms with E-state index in [0.29, 0.717) is 16.9 Å². The van der Waals surface area contributed by atoms with Crippen LogP contribution in [0.15, 0.2) is 64.8 Å². The zero-order valence-corrected chi connectivity index (χ0v) is 16.3. The third-order valence-corrected chi connectivity index (χ3v) is 5.50. The molecule has 1 aliphatic heterocycles. The molecule has 0 radical (unpaired) electrons. The van der Waals surface area contributed by atoms with E-state index in [4.69, 9.17) is 0 Å². The van der Waals surface area contributed by atoms with Gasteiger partial charge >= 0.3 is 0 Å². The van der Waals surface area contributed by atoms with Crippen molar-refractivity contribution in [3.63, 3.8) is 0 Å². The molecule has 144 valence electrons. The van der Waals surface area contributed by atoms with Gasteiger partial charge in [0.15, 0.2) is 5.16 Å². The molecule has 1 aromatic carbocycles. The Hall–Kier alpha value is -2.71. The van der Waals surface area contributed by atoms with Crippen LogP contribution in [0.3, 0.4) is 0 Å². The van der Waals surface area contributed by atoms with Crippen LogP contribution < -0.4 is 10.5 Å². The molecule has 1 N–H and O–H groups in total. The van der Waals surface area contributed by atoms with Gasteiger partial charge in [0.05, 0.1) is 5.69 Å². The Morgan fingerprint density at radius 1 is 1.00 bits per heavy atom. The minimum absolute atomic E-state index is 0.124. The van der Waals surface area contributed by atoms with Gasteiger partial charge in [0, 0.05) is 56.9 Å². The molecule has 1 aliphatic rings. The molecule has 3 aromatic rings. The maximum Gasteiger partial charge on any atom is 0.252 e. The highest BCUT2D eigenvalue weighted by Crippen LogP contribution is 2.18. The zero-order valence-electron chi connectivity index (χ0n) is 15.5. The highest BCUT2D eigenvalue weighted by atomic mass is 32.2. The van der Waals surface area contributed by atoms with Gasteiger partial charge < -0.3 is 4.90 Å². The molecule has 0 bridgehead atoms. The molecular weight excluding hydrogens is 372 g/mol. The molecule has 7 nitrogen and oxygen atoms in total. The second kappa shape index (κ2) is 8.99. The summed E-state index contributed by atoms with van der Waals surface area (Å²) in [6.07, 6.45) is 3.42. The normalized spacial score (nSPS) is 14.9. The molecule has 0 saturated carbocycles. The van der Waals surface area contributed by atoms with Gasteiger partial charge in [0.2, 0.25) is 5.95 Å². The molecule has 28 heavy (non-hydrogen) atoms. The topological polar surface area (TPSA) is 78.0 Å². The lowest BCUT2D eigenvalue weighted by molar-refractivity contribution is 0.248. The highest BCUT2D eigenvalue weighted by Gasteiger charge is 2.19. The molecule has 0 unspecified atom stereocenters. The summed E-state index contributed by atoms with van der Waals surface area (Å²) in [4.78, 5) is 32.6. The average Bonchev–Trinajstić information content (AvgIpc) is 2.74. The van der Waals surface area contributed by atoms with Crippen molar-refractivity contribution in [2.45, 2.75) is 17.5 Å². The first-order valence-corrected chi connectivity index (χ1v) is 10.3. The van der Waals surface area contributed by atoms with Crippen LogP contribution in [0.1, 0.15) is 11.3 Å². The van der Waals surface area contributed by atoms with E-state index in [1.807, 2.05) is 6.07 Å². The van der Waals surface area contributed by atoms with E-state index in [2.05, 4.69) is 54.0 Å². The van der Waals surface area contributed by atoms with Crippen LogP contribution in [-0.4, -0.2) is 51.0 Å². The van der Waals surface area contributed by atoms with E-state index in [1.165, 1.54) is 17.3 Å². The standard InChI is InChI=1S/C20H22N6OS/c27-18-13-17(15-28-20-21-7-4-8-22-20)23-19(24-18)26-11-9-25(10-12-26)14-16-5-2-1-3-6-16/h1-8,13H,9-12,14-15H2,(H,23,24,27). The van der Waals surface area contributed by atoms with E-state index >= 15 is 0 Å². The summed E-state index contributed by atoms with van der Waals surface area (Å²) in [5, 5.41) is 0.681. The van der Waals surface area contributed by atoms with E-state index in [9.17, 15) is 4.79 Å². The van der Waals surface area contributed by atoms with Gasteiger partial charge in [-0.2, -0.15) is 0 Å². The van der Waals surface area contributed by atoms with Gasteiger partial charge in [0.1, 0.15) is 0 Å². The number of nitrogens with zero attached hydrogens (tertiary/aromatic N) is 5. The average molecular weight is 395 g/mol. The van der Waals surface area contributed by atoms with E-state index in [0.717, 1.165) is 38.4 Å². The van der Waals surface area contributed by atoms with Crippen LogP contribution in [0, 0.1) is 0 Å². The first-order chi connectivity index (χ1) is 13.8. The Morgan fingerprint density at radius 3 is 2.50 bits per heavy atom. The van der Waals surface area contributed by atoms with Crippen LogP contribution in [0.5, 0.6) is 0 Å². The first kappa shape index (κ1) is 18.6. The summed E-state index contributed by atoms with van der Waals surface area (Å²) < 4.78 is 0. The molecule has 0 aliphatic carbocycles. The number of benzene rings is 1. The van der Waals surface area contributed by atoms with Crippen molar-refractivity contribution in [3.8, 4) is 0 Å². The summed E-state index contributed by atoms with van der Waals surface area (Å²) in [6, 6.07) is 13.8. The van der Waals surface area contributed by atoms with Gasteiger partial charge in [-0.05, 0) is 11.6 Å². The largest absolute Gasteiger partial charge is 0.340 e. The lowest BCUT2D eigenvalue weighted by Crippen LogP contribution is -2.47. The second-order valence-corrected chi connectivity index (χ2v) is 7.57. The van der Waals surface area contributed by atoms with Crippen LogP contribution in [0.2, 0.25) is 0 Å². The first-order valence-electron chi connectivity index (χ1n) is 9.27. The number of H-pyrrole nitrogens is 1. The molecular formula is C20H22N6OS. The number of hydrogen-bond donors (Lipinski definition) is 1. The molecule has 2 aromatic heterocycles. The van der Waals surface area contributed by atoms with Crippen molar-refractivity contribution in [1.29, 1.82) is 0 Å². The van der Waals surface area contributed by atoms with E-state index in [1.54, 1.807) is 24.5 Å². The van der Waals surface area contributed by atoms with Crippen LogP contribution in [0.25, 0.3) is 0 Å². The Balaban J connectivity index is 1.37. The van der Waals surface area contributed by atoms with Gasteiger partial charge in [-0.25, -0.2) is 15.0 Å². The predicted molar refractivity (Wildman–Crippen MR) is 110 cm³/mol. The Bertz CT molecular complexity index is 942. The Kier molecular flexibility index (Phi) is 5.98. The Morgan fingerprint density at radius 2 is 1.75 bits per heavy atom. The molecule has 1 saturated heterocycles. The molecule has 0 spiro atoms. The minimum atomic E-state index is -0.124. The SMILES string of the molecule is O=c1cc(CSc2ncccn2)nc(N2CCN(Cc3ccccc3)CC2)[nH]1. The van der Waals surface area contributed by atoms with E-state index < -0.39 is 0 Å². The van der Waals surface area contributed by atoms with Crippen LogP contribution >= 0.6 is 11.8 Å². The maximum absolute atomic E-state index is 12.1. The highest BCUT2D eigenvalue weighted by molar-refractivity contribution is 7.98. The summed E-state index contributed by atoms with van der Waals surface area (Å²) in [6.45, 7) is 4.51. The fraction of sp³-hybridized carbons (Fsp3) is 0.300. The predicted octanol–water partition coefficient (Wildman–Crippen LogP) is 2.17. The molecule has 0 amide bonds. The fourth-order valence-electron chi connectivity index (χ4n) is 3.18. The third-order valence-electron chi connectivity index (χ3n) is 4.59. The smallest absolute Gasteiger partial charge is 0.252 e. The number of piperazine rings is 1. The summed E-state index contributed by atoms with van der Waals surface area (Å²) in [7, 11) is 0. The van der Waals surface area contributed by atoms with Crippen molar-refractivity contribution in [2.75, 3.05) is 31.1 Å². The number of thioether (sulfide) groups is 1. The van der Waals surface area contributed by atoms with Crippen LogP contribution in [-0.2, 0) is 12.3 Å². The molecule has 8 heteroatoms. The number of aromatic amines is 1. The number of rotatable bonds is 6. The monoisotopic (exact) mass is 394 g/mol. The summed E-state index contributed by atoms with van der Waals surface area (Å²) >= 11 is 1.47. The lowest BCUT2D eigenvalue weighted by Gasteiger charge is -2.35. The number of hydrogen-bond acceptors (Lipinski definition) is 7. The van der Waals surface area contributed by atoms with Crippen molar-refractivity contribution in [3.05, 3.63) is 76.5 Å². The number of aromatic nitrogens is 4. The van der Waals surface area contributed by atoms with Gasteiger partial charge in [0.25, 0.3) is 5.56 Å². The lowest BCUT2D eigenvalue weighted by atomic mass is 10.2. The molecule has 0 atom stereocenters. The molecule has 3 heterocycles. The molecule has 4 rings (SSSR count). The van der Waals surface area contributed by atoms with Crippen molar-refractivity contribution in [2.24, 2.45) is 0 Å². The zero-order chi connectivity index (χ0) is 19.2. The summed E-state index contributed by atoms with van der Waals surface area (Å²) in [5.41, 5.74) is 1.94. The van der Waals surface area contributed by atoms with Crippen molar-refractivity contribution >= 4 is 17.7 Å². The van der Waals surface area contributed by atoms with Gasteiger partial charge in [-0.15, -0.1) is 0 Å². The van der Waals surface area contributed by atoms with Crippen molar-refractivity contribution in [1.82, 2.24) is 24.8 Å². The van der Waals surface area contributed by atoms with Gasteiger partial charge in [-0.3, -0.25) is 14.7 Å². The number of nitrogens with one attached hydrogen (secondary N) is 1. The third kappa shape index (κ3) is 4.96. The van der Waals surface area contributed by atoms with Crippen molar-refractivity contribution < 1.29 is 0 Å². The minimum Gasteiger partial charge on any atom is -0.340 e.